The number of benzene rings is 1. The van der Waals surface area contributed by atoms with Gasteiger partial charge in [-0.05, 0) is 23.8 Å². The number of carbonyl (C=O) groups is 2. The largest absolute Gasteiger partial charge is 0.478 e. The van der Waals surface area contributed by atoms with E-state index in [1.54, 1.807) is 36.3 Å². The van der Waals surface area contributed by atoms with E-state index in [0.29, 0.717) is 12.1 Å². The molecular formula is C16H16N2O3. The molecule has 0 aliphatic carbocycles. The summed E-state index contributed by atoms with van der Waals surface area (Å²) in [6.07, 6.45) is 1.74. The van der Waals surface area contributed by atoms with E-state index in [1.165, 1.54) is 6.07 Å². The summed E-state index contributed by atoms with van der Waals surface area (Å²) in [4.78, 5) is 29.0. The minimum atomic E-state index is -1.02. The van der Waals surface area contributed by atoms with Crippen molar-refractivity contribution in [2.75, 3.05) is 7.05 Å². The zero-order valence-corrected chi connectivity index (χ0v) is 11.7. The number of carbonyl (C=O) groups excluding carboxylic acids is 1. The van der Waals surface area contributed by atoms with Crippen LogP contribution in [0.15, 0.2) is 48.7 Å². The number of aromatic nitrogens is 1. The molecule has 108 valence electrons. The van der Waals surface area contributed by atoms with Crippen LogP contribution >= 0.6 is 0 Å². The van der Waals surface area contributed by atoms with Crippen molar-refractivity contribution in [1.29, 1.82) is 0 Å². The highest BCUT2D eigenvalue weighted by molar-refractivity contribution is 5.91. The van der Waals surface area contributed by atoms with Crippen LogP contribution in [0.3, 0.4) is 0 Å². The molecule has 0 radical (unpaired) electrons. The molecule has 0 bridgehead atoms. The van der Waals surface area contributed by atoms with Crippen LogP contribution < -0.4 is 0 Å². The molecule has 1 aromatic carbocycles. The SMILES string of the molecule is CN(Cc1ccccn1)C(=O)Cc1ccccc1C(=O)O. The first kappa shape index (κ1) is 14.7. The Hall–Kier alpha value is -2.69. The standard InChI is InChI=1S/C16H16N2O3/c1-18(11-13-7-4-5-9-17-13)15(19)10-12-6-2-3-8-14(12)16(20)21/h2-9H,10-11H2,1H3,(H,20,21). The summed E-state index contributed by atoms with van der Waals surface area (Å²) < 4.78 is 0. The Balaban J connectivity index is 2.06. The van der Waals surface area contributed by atoms with Crippen molar-refractivity contribution in [3.05, 3.63) is 65.5 Å². The number of likely N-dealkylation sites (N-methyl/N-ethyl adjacent to an activating group) is 1. The first-order valence-electron chi connectivity index (χ1n) is 6.53. The van der Waals surface area contributed by atoms with Gasteiger partial charge in [0.15, 0.2) is 0 Å². The molecule has 1 N–H and O–H groups in total. The number of hydrogen-bond acceptors (Lipinski definition) is 3. The van der Waals surface area contributed by atoms with Crippen LogP contribution in [0.4, 0.5) is 0 Å². The zero-order valence-electron chi connectivity index (χ0n) is 11.7. The molecule has 1 heterocycles. The molecule has 0 unspecified atom stereocenters. The van der Waals surface area contributed by atoms with E-state index in [2.05, 4.69) is 4.98 Å². The lowest BCUT2D eigenvalue weighted by Gasteiger charge is -2.17. The number of carboxylic acid groups (broad SMARTS) is 1. The topological polar surface area (TPSA) is 70.5 Å². The predicted molar refractivity (Wildman–Crippen MR) is 77.8 cm³/mol. The molecular weight excluding hydrogens is 268 g/mol. The number of rotatable bonds is 5. The highest BCUT2D eigenvalue weighted by Gasteiger charge is 2.15. The Morgan fingerprint density at radius 3 is 2.52 bits per heavy atom. The van der Waals surface area contributed by atoms with Crippen LogP contribution in [0.2, 0.25) is 0 Å². The van der Waals surface area contributed by atoms with Crippen LogP contribution in [-0.4, -0.2) is 33.9 Å². The minimum absolute atomic E-state index is 0.0613. The van der Waals surface area contributed by atoms with Crippen molar-refractivity contribution in [1.82, 2.24) is 9.88 Å². The Morgan fingerprint density at radius 2 is 1.86 bits per heavy atom. The van der Waals surface area contributed by atoms with Crippen LogP contribution in [0.1, 0.15) is 21.6 Å². The lowest BCUT2D eigenvalue weighted by Crippen LogP contribution is -2.28. The van der Waals surface area contributed by atoms with E-state index in [-0.39, 0.29) is 17.9 Å². The van der Waals surface area contributed by atoms with Crippen LogP contribution in [0.25, 0.3) is 0 Å². The van der Waals surface area contributed by atoms with Gasteiger partial charge in [-0.2, -0.15) is 0 Å². The quantitative estimate of drug-likeness (QED) is 0.911. The van der Waals surface area contributed by atoms with Gasteiger partial charge >= 0.3 is 5.97 Å². The number of hydrogen-bond donors (Lipinski definition) is 1. The fraction of sp³-hybridized carbons (Fsp3) is 0.188. The fourth-order valence-corrected chi connectivity index (χ4v) is 2.00. The number of carboxylic acids is 1. The van der Waals surface area contributed by atoms with Gasteiger partial charge in [0.05, 0.1) is 24.2 Å². The lowest BCUT2D eigenvalue weighted by molar-refractivity contribution is -0.129. The number of aromatic carboxylic acids is 1. The fourth-order valence-electron chi connectivity index (χ4n) is 2.00. The first-order chi connectivity index (χ1) is 10.1. The molecule has 0 spiro atoms. The Bertz CT molecular complexity index is 641. The average Bonchev–Trinajstić information content (AvgIpc) is 2.48. The van der Waals surface area contributed by atoms with Gasteiger partial charge in [-0.15, -0.1) is 0 Å². The van der Waals surface area contributed by atoms with Crippen molar-refractivity contribution in [2.45, 2.75) is 13.0 Å². The summed E-state index contributed by atoms with van der Waals surface area (Å²) in [5, 5.41) is 9.12. The number of pyridine rings is 1. The Labute approximate surface area is 122 Å². The van der Waals surface area contributed by atoms with Gasteiger partial charge in [0.1, 0.15) is 0 Å². The van der Waals surface area contributed by atoms with Crippen LogP contribution in [-0.2, 0) is 17.8 Å². The summed E-state index contributed by atoms with van der Waals surface area (Å²) in [5.41, 5.74) is 1.47. The molecule has 0 aliphatic rings. The molecule has 0 saturated carbocycles. The van der Waals surface area contributed by atoms with Crippen LogP contribution in [0.5, 0.6) is 0 Å². The molecule has 1 amide bonds. The molecule has 0 fully saturated rings. The summed E-state index contributed by atoms with van der Waals surface area (Å²) in [6, 6.07) is 12.1. The van der Waals surface area contributed by atoms with E-state index < -0.39 is 5.97 Å². The Morgan fingerprint density at radius 1 is 1.14 bits per heavy atom. The van der Waals surface area contributed by atoms with E-state index in [0.717, 1.165) is 5.69 Å². The monoisotopic (exact) mass is 284 g/mol. The van der Waals surface area contributed by atoms with Crippen LogP contribution in [0, 0.1) is 0 Å². The van der Waals surface area contributed by atoms with Gasteiger partial charge in [-0.25, -0.2) is 4.79 Å². The highest BCUT2D eigenvalue weighted by atomic mass is 16.4. The third-order valence-electron chi connectivity index (χ3n) is 3.14. The maximum Gasteiger partial charge on any atom is 0.335 e. The third kappa shape index (κ3) is 3.89. The van der Waals surface area contributed by atoms with Gasteiger partial charge in [0.25, 0.3) is 0 Å². The van der Waals surface area contributed by atoms with Crippen molar-refractivity contribution in [3.8, 4) is 0 Å². The number of nitrogens with zero attached hydrogens (tertiary/aromatic N) is 2. The molecule has 2 aromatic rings. The second kappa shape index (κ2) is 6.65. The second-order valence-corrected chi connectivity index (χ2v) is 4.71. The Kier molecular flexibility index (Phi) is 4.66. The van der Waals surface area contributed by atoms with Gasteiger partial charge < -0.3 is 10.0 Å². The van der Waals surface area contributed by atoms with E-state index >= 15 is 0 Å². The molecule has 5 nitrogen and oxygen atoms in total. The van der Waals surface area contributed by atoms with Crippen molar-refractivity contribution in [2.24, 2.45) is 0 Å². The second-order valence-electron chi connectivity index (χ2n) is 4.71. The van der Waals surface area contributed by atoms with Crippen molar-refractivity contribution >= 4 is 11.9 Å². The lowest BCUT2D eigenvalue weighted by atomic mass is 10.0. The first-order valence-corrected chi connectivity index (χ1v) is 6.53. The van der Waals surface area contributed by atoms with Gasteiger partial charge in [0, 0.05) is 13.2 Å². The molecule has 0 atom stereocenters. The zero-order chi connectivity index (χ0) is 15.2. The van der Waals surface area contributed by atoms with Crippen molar-refractivity contribution < 1.29 is 14.7 Å². The van der Waals surface area contributed by atoms with Gasteiger partial charge in [-0.1, -0.05) is 24.3 Å². The smallest absolute Gasteiger partial charge is 0.335 e. The maximum absolute atomic E-state index is 12.2. The molecule has 21 heavy (non-hydrogen) atoms. The maximum atomic E-state index is 12.2. The molecule has 0 saturated heterocycles. The third-order valence-corrected chi connectivity index (χ3v) is 3.14. The molecule has 2 rings (SSSR count). The van der Waals surface area contributed by atoms with E-state index in [1.807, 2.05) is 18.2 Å². The molecule has 0 aliphatic heterocycles. The normalized spacial score (nSPS) is 10.1. The summed E-state index contributed by atoms with van der Waals surface area (Å²) in [7, 11) is 1.68. The molecule has 1 aromatic heterocycles. The van der Waals surface area contributed by atoms with Gasteiger partial charge in [-0.3, -0.25) is 9.78 Å². The summed E-state index contributed by atoms with van der Waals surface area (Å²) in [5.74, 6) is -1.17. The number of amides is 1. The van der Waals surface area contributed by atoms with Crippen molar-refractivity contribution in [3.63, 3.8) is 0 Å². The van der Waals surface area contributed by atoms with E-state index in [9.17, 15) is 9.59 Å². The average molecular weight is 284 g/mol. The molecule has 5 heteroatoms. The minimum Gasteiger partial charge on any atom is -0.478 e. The summed E-state index contributed by atoms with van der Waals surface area (Å²) in [6.45, 7) is 0.398. The highest BCUT2D eigenvalue weighted by Crippen LogP contribution is 2.11. The summed E-state index contributed by atoms with van der Waals surface area (Å²) >= 11 is 0. The van der Waals surface area contributed by atoms with Gasteiger partial charge in [0.2, 0.25) is 5.91 Å². The predicted octanol–water partition coefficient (Wildman–Crippen LogP) is 1.98. The van der Waals surface area contributed by atoms with E-state index in [4.69, 9.17) is 5.11 Å².